The molecular weight excluding hydrogens is 779 g/mol. The second-order valence-corrected chi connectivity index (χ2v) is 18.9. The number of carbonyl (C=O) groups excluding carboxylic acids is 2. The molecule has 3 N–H and O–H groups in total. The van der Waals surface area contributed by atoms with Crippen LogP contribution in [0.15, 0.2) is 36.5 Å². The van der Waals surface area contributed by atoms with Crippen LogP contribution in [-0.4, -0.2) is 47.4 Å². The van der Waals surface area contributed by atoms with E-state index in [0.29, 0.717) is 19.4 Å². The highest BCUT2D eigenvalue weighted by molar-refractivity contribution is 5.76. The summed E-state index contributed by atoms with van der Waals surface area (Å²) in [5.74, 6) is -0.0908. The van der Waals surface area contributed by atoms with Crippen LogP contribution in [-0.2, 0) is 14.3 Å². The van der Waals surface area contributed by atoms with Crippen molar-refractivity contribution >= 4 is 11.9 Å². The average molecular weight is 886 g/mol. The smallest absolute Gasteiger partial charge is 0.305 e. The van der Waals surface area contributed by atoms with Crippen molar-refractivity contribution in [2.75, 3.05) is 13.2 Å². The molecule has 0 heterocycles. The largest absolute Gasteiger partial charge is 0.466 e. The Morgan fingerprint density at radius 2 is 0.778 bits per heavy atom. The van der Waals surface area contributed by atoms with Crippen LogP contribution in [0.3, 0.4) is 0 Å². The van der Waals surface area contributed by atoms with Crippen LogP contribution in [0.25, 0.3) is 0 Å². The zero-order valence-electron chi connectivity index (χ0n) is 42.1. The molecule has 63 heavy (non-hydrogen) atoms. The molecule has 0 aliphatic carbocycles. The monoisotopic (exact) mass is 886 g/mol. The Balaban J connectivity index is 3.50. The van der Waals surface area contributed by atoms with Crippen molar-refractivity contribution in [1.29, 1.82) is 0 Å². The molecule has 6 heteroatoms. The van der Waals surface area contributed by atoms with Crippen LogP contribution in [0.2, 0.25) is 0 Å². The van der Waals surface area contributed by atoms with E-state index in [1.165, 1.54) is 186 Å². The van der Waals surface area contributed by atoms with Gasteiger partial charge < -0.3 is 20.3 Å². The number of rotatable bonds is 51. The number of ether oxygens (including phenoxy) is 1. The second kappa shape index (κ2) is 52.7. The molecule has 0 aliphatic rings. The summed E-state index contributed by atoms with van der Waals surface area (Å²) in [6.07, 6.45) is 64.4. The van der Waals surface area contributed by atoms with Crippen molar-refractivity contribution in [3.63, 3.8) is 0 Å². The lowest BCUT2D eigenvalue weighted by atomic mass is 10.0. The van der Waals surface area contributed by atoms with Crippen LogP contribution in [0.1, 0.15) is 290 Å². The maximum atomic E-state index is 12.4. The number of unbranched alkanes of at least 4 members (excludes halogenated alkanes) is 37. The Kier molecular flexibility index (Phi) is 51.1. The van der Waals surface area contributed by atoms with E-state index in [-0.39, 0.29) is 18.5 Å². The molecule has 0 aromatic rings. The minimum Gasteiger partial charge on any atom is -0.466 e. The van der Waals surface area contributed by atoms with E-state index >= 15 is 0 Å². The van der Waals surface area contributed by atoms with Crippen LogP contribution in [0, 0.1) is 0 Å². The molecular formula is C57H107NO5. The first-order chi connectivity index (χ1) is 31.0. The van der Waals surface area contributed by atoms with Gasteiger partial charge in [-0.15, -0.1) is 0 Å². The fraction of sp³-hybridized carbons (Fsp3) is 0.860. The van der Waals surface area contributed by atoms with E-state index in [4.69, 9.17) is 4.74 Å². The van der Waals surface area contributed by atoms with Crippen molar-refractivity contribution in [3.8, 4) is 0 Å². The van der Waals surface area contributed by atoms with Crippen molar-refractivity contribution in [2.45, 2.75) is 302 Å². The number of carbonyl (C=O) groups is 2. The molecule has 1 amide bonds. The van der Waals surface area contributed by atoms with Crippen LogP contribution >= 0.6 is 0 Å². The molecule has 6 nitrogen and oxygen atoms in total. The maximum Gasteiger partial charge on any atom is 0.305 e. The molecule has 0 rings (SSSR count). The lowest BCUT2D eigenvalue weighted by molar-refractivity contribution is -0.143. The summed E-state index contributed by atoms with van der Waals surface area (Å²) in [7, 11) is 0. The predicted octanol–water partition coefficient (Wildman–Crippen LogP) is 16.9. The Morgan fingerprint density at radius 1 is 0.444 bits per heavy atom. The van der Waals surface area contributed by atoms with E-state index in [2.05, 4.69) is 43.5 Å². The van der Waals surface area contributed by atoms with E-state index in [9.17, 15) is 19.8 Å². The van der Waals surface area contributed by atoms with Gasteiger partial charge in [-0.05, 0) is 64.2 Å². The maximum absolute atomic E-state index is 12.4. The Bertz CT molecular complexity index is 1020. The number of amides is 1. The SMILES string of the molecule is CCCCCCCCCCCCCC/C=C/C(O)C(CO)NC(=O)CCCCCCCCCCCC/C=C\C=C/CCCCCOC(=O)CCCCCCCCCCCCCCC. The molecule has 2 atom stereocenters. The van der Waals surface area contributed by atoms with Gasteiger partial charge in [0.05, 0.1) is 25.4 Å². The van der Waals surface area contributed by atoms with E-state index in [1.54, 1.807) is 6.08 Å². The predicted molar refractivity (Wildman–Crippen MR) is 273 cm³/mol. The molecule has 0 saturated heterocycles. The third-order valence-corrected chi connectivity index (χ3v) is 12.7. The number of esters is 1. The summed E-state index contributed by atoms with van der Waals surface area (Å²) in [4.78, 5) is 24.4. The number of nitrogens with one attached hydrogen (secondary N) is 1. The molecule has 0 aromatic heterocycles. The lowest BCUT2D eigenvalue weighted by Gasteiger charge is -2.20. The number of hydrogen-bond acceptors (Lipinski definition) is 5. The van der Waals surface area contributed by atoms with Gasteiger partial charge in [0.25, 0.3) is 0 Å². The van der Waals surface area contributed by atoms with Crippen molar-refractivity contribution in [2.24, 2.45) is 0 Å². The van der Waals surface area contributed by atoms with Gasteiger partial charge in [0, 0.05) is 12.8 Å². The Hall–Kier alpha value is -1.92. The van der Waals surface area contributed by atoms with Crippen LogP contribution < -0.4 is 5.32 Å². The average Bonchev–Trinajstić information content (AvgIpc) is 3.28. The molecule has 0 aromatic carbocycles. The van der Waals surface area contributed by atoms with E-state index in [1.807, 2.05) is 6.08 Å². The third kappa shape index (κ3) is 49.4. The second-order valence-electron chi connectivity index (χ2n) is 18.9. The molecule has 0 radical (unpaired) electrons. The first kappa shape index (κ1) is 61.1. The fourth-order valence-electron chi connectivity index (χ4n) is 8.39. The fourth-order valence-corrected chi connectivity index (χ4v) is 8.39. The molecule has 0 fully saturated rings. The molecule has 0 spiro atoms. The van der Waals surface area contributed by atoms with Crippen molar-refractivity contribution in [1.82, 2.24) is 5.32 Å². The van der Waals surface area contributed by atoms with Gasteiger partial charge in [-0.2, -0.15) is 0 Å². The highest BCUT2D eigenvalue weighted by Crippen LogP contribution is 2.16. The number of allylic oxidation sites excluding steroid dienone is 5. The minimum absolute atomic E-state index is 0.0130. The Labute approximate surface area is 392 Å². The summed E-state index contributed by atoms with van der Waals surface area (Å²) < 4.78 is 5.44. The quantitative estimate of drug-likeness (QED) is 0.0245. The zero-order chi connectivity index (χ0) is 45.8. The topological polar surface area (TPSA) is 95.9 Å². The normalized spacial score (nSPS) is 12.9. The summed E-state index contributed by atoms with van der Waals surface area (Å²) in [5.41, 5.74) is 0. The molecule has 370 valence electrons. The summed E-state index contributed by atoms with van der Waals surface area (Å²) in [6.45, 7) is 4.86. The Morgan fingerprint density at radius 3 is 1.17 bits per heavy atom. The molecule has 0 bridgehead atoms. The first-order valence-electron chi connectivity index (χ1n) is 27.8. The number of aliphatic hydroxyl groups is 2. The van der Waals surface area contributed by atoms with Crippen LogP contribution in [0.5, 0.6) is 0 Å². The summed E-state index contributed by atoms with van der Waals surface area (Å²) in [6, 6.07) is -0.635. The highest BCUT2D eigenvalue weighted by atomic mass is 16.5. The van der Waals surface area contributed by atoms with Gasteiger partial charge in [-0.3, -0.25) is 9.59 Å². The van der Waals surface area contributed by atoms with Crippen LogP contribution in [0.4, 0.5) is 0 Å². The standard InChI is InChI=1S/C57H107NO5/c1-3-5-7-9-11-13-15-17-26-29-33-37-41-45-49-55(60)54(53-59)58-56(61)50-46-42-38-34-30-27-23-21-19-18-20-22-24-28-32-36-40-44-48-52-63-57(62)51-47-43-39-35-31-25-16-14-12-10-8-6-4-2/h22,24,28,32,45,49,54-55,59-60H,3-21,23,25-27,29-31,33-44,46-48,50-53H2,1-2H3,(H,58,61)/b24-22-,32-28-,49-45+. The van der Waals surface area contributed by atoms with Gasteiger partial charge >= 0.3 is 5.97 Å². The number of hydrogen-bond donors (Lipinski definition) is 3. The van der Waals surface area contributed by atoms with Crippen molar-refractivity contribution < 1.29 is 24.5 Å². The number of aliphatic hydroxyl groups excluding tert-OH is 2. The van der Waals surface area contributed by atoms with Gasteiger partial charge in [-0.1, -0.05) is 249 Å². The van der Waals surface area contributed by atoms with Gasteiger partial charge in [0.2, 0.25) is 5.91 Å². The highest BCUT2D eigenvalue weighted by Gasteiger charge is 2.18. The zero-order valence-corrected chi connectivity index (χ0v) is 42.1. The van der Waals surface area contributed by atoms with E-state index in [0.717, 1.165) is 77.0 Å². The van der Waals surface area contributed by atoms with Gasteiger partial charge in [-0.25, -0.2) is 0 Å². The van der Waals surface area contributed by atoms with E-state index < -0.39 is 12.1 Å². The van der Waals surface area contributed by atoms with Crippen molar-refractivity contribution in [3.05, 3.63) is 36.5 Å². The molecule has 0 aliphatic heterocycles. The first-order valence-corrected chi connectivity index (χ1v) is 27.8. The third-order valence-electron chi connectivity index (χ3n) is 12.7. The summed E-state index contributed by atoms with van der Waals surface area (Å²) >= 11 is 0. The summed E-state index contributed by atoms with van der Waals surface area (Å²) in [5, 5.41) is 23.1. The van der Waals surface area contributed by atoms with Gasteiger partial charge in [0.15, 0.2) is 0 Å². The minimum atomic E-state index is -0.850. The molecule has 2 unspecified atom stereocenters. The lowest BCUT2D eigenvalue weighted by Crippen LogP contribution is -2.45. The molecule has 0 saturated carbocycles. The van der Waals surface area contributed by atoms with Gasteiger partial charge in [0.1, 0.15) is 0 Å².